The third kappa shape index (κ3) is 3.39. The van der Waals surface area contributed by atoms with Crippen molar-refractivity contribution in [2.45, 2.75) is 37.8 Å². The molecule has 1 atom stereocenters. The van der Waals surface area contributed by atoms with Gasteiger partial charge in [-0.3, -0.25) is 9.69 Å². The first kappa shape index (κ1) is 14.2. The van der Waals surface area contributed by atoms with Crippen molar-refractivity contribution in [2.75, 3.05) is 38.2 Å². The molecule has 0 radical (unpaired) electrons. The highest BCUT2D eigenvalue weighted by Crippen LogP contribution is 2.25. The van der Waals surface area contributed by atoms with Gasteiger partial charge < -0.3 is 10.6 Å². The number of piperazine rings is 1. The lowest BCUT2D eigenvalue weighted by Gasteiger charge is -2.43. The second kappa shape index (κ2) is 6.78. The van der Waals surface area contributed by atoms with E-state index in [1.807, 2.05) is 4.90 Å². The van der Waals surface area contributed by atoms with Gasteiger partial charge in [-0.2, -0.15) is 11.8 Å². The van der Waals surface area contributed by atoms with Crippen molar-refractivity contribution in [3.05, 3.63) is 0 Å². The Kier molecular flexibility index (Phi) is 5.33. The van der Waals surface area contributed by atoms with Crippen LogP contribution in [0.1, 0.15) is 25.7 Å². The molecule has 1 aliphatic heterocycles. The van der Waals surface area contributed by atoms with Gasteiger partial charge in [-0.1, -0.05) is 6.42 Å². The smallest absolute Gasteiger partial charge is 0.239 e. The fourth-order valence-corrected chi connectivity index (χ4v) is 3.15. The molecule has 18 heavy (non-hydrogen) atoms. The summed E-state index contributed by atoms with van der Waals surface area (Å²) in [5, 5.41) is 0. The third-order valence-corrected chi connectivity index (χ3v) is 4.81. The summed E-state index contributed by atoms with van der Waals surface area (Å²) in [7, 11) is 0. The molecule has 104 valence electrons. The summed E-state index contributed by atoms with van der Waals surface area (Å²) in [6.45, 7) is 3.79. The summed E-state index contributed by atoms with van der Waals surface area (Å²) in [6, 6.07) is 0.500. The van der Waals surface area contributed by atoms with Gasteiger partial charge in [-0.05, 0) is 31.3 Å². The second-order valence-corrected chi connectivity index (χ2v) is 6.32. The average Bonchev–Trinajstić information content (AvgIpc) is 2.34. The molecule has 0 unspecified atom stereocenters. The van der Waals surface area contributed by atoms with Crippen LogP contribution in [-0.2, 0) is 4.79 Å². The molecule has 0 aromatic carbocycles. The van der Waals surface area contributed by atoms with Crippen molar-refractivity contribution in [3.8, 4) is 0 Å². The van der Waals surface area contributed by atoms with Crippen LogP contribution in [0.15, 0.2) is 0 Å². The molecule has 2 fully saturated rings. The van der Waals surface area contributed by atoms with Crippen LogP contribution < -0.4 is 5.73 Å². The molecule has 2 rings (SSSR count). The molecule has 2 N–H and O–H groups in total. The molecular formula is C13H25N3OS. The average molecular weight is 271 g/mol. The zero-order valence-corrected chi connectivity index (χ0v) is 12.1. The van der Waals surface area contributed by atoms with Crippen LogP contribution >= 0.6 is 11.8 Å². The monoisotopic (exact) mass is 271 g/mol. The maximum atomic E-state index is 12.1. The topological polar surface area (TPSA) is 49.6 Å². The van der Waals surface area contributed by atoms with Crippen molar-refractivity contribution < 1.29 is 4.79 Å². The van der Waals surface area contributed by atoms with Crippen LogP contribution in [0.2, 0.25) is 0 Å². The molecule has 1 aliphatic carbocycles. The third-order valence-electron chi connectivity index (χ3n) is 4.17. The molecule has 1 saturated carbocycles. The lowest BCUT2D eigenvalue weighted by atomic mass is 9.91. The highest BCUT2D eigenvalue weighted by atomic mass is 32.2. The molecule has 0 aromatic heterocycles. The zero-order chi connectivity index (χ0) is 13.0. The van der Waals surface area contributed by atoms with Gasteiger partial charge in [-0.25, -0.2) is 0 Å². The number of hydrogen-bond acceptors (Lipinski definition) is 4. The van der Waals surface area contributed by atoms with Crippen molar-refractivity contribution in [1.82, 2.24) is 9.80 Å². The lowest BCUT2D eigenvalue weighted by molar-refractivity contribution is -0.135. The van der Waals surface area contributed by atoms with E-state index in [2.05, 4.69) is 11.2 Å². The highest BCUT2D eigenvalue weighted by molar-refractivity contribution is 7.98. The van der Waals surface area contributed by atoms with E-state index in [1.165, 1.54) is 19.3 Å². The molecule has 1 heterocycles. The Morgan fingerprint density at radius 1 is 1.33 bits per heavy atom. The number of hydrogen-bond donors (Lipinski definition) is 1. The molecule has 1 amide bonds. The summed E-state index contributed by atoms with van der Waals surface area (Å²) in [6.07, 6.45) is 6.92. The van der Waals surface area contributed by atoms with Crippen LogP contribution in [0.25, 0.3) is 0 Å². The van der Waals surface area contributed by atoms with E-state index in [1.54, 1.807) is 11.8 Å². The van der Waals surface area contributed by atoms with Gasteiger partial charge in [0.05, 0.1) is 6.04 Å². The van der Waals surface area contributed by atoms with E-state index in [-0.39, 0.29) is 11.9 Å². The van der Waals surface area contributed by atoms with Crippen molar-refractivity contribution in [1.29, 1.82) is 0 Å². The quantitative estimate of drug-likeness (QED) is 0.802. The molecule has 1 saturated heterocycles. The van der Waals surface area contributed by atoms with Gasteiger partial charge in [-0.15, -0.1) is 0 Å². The van der Waals surface area contributed by atoms with Crippen LogP contribution in [0.5, 0.6) is 0 Å². The lowest BCUT2D eigenvalue weighted by Crippen LogP contribution is -2.56. The summed E-state index contributed by atoms with van der Waals surface area (Å²) in [5.74, 6) is 1.12. The van der Waals surface area contributed by atoms with Crippen LogP contribution in [-0.4, -0.2) is 66.0 Å². The number of nitrogens with zero attached hydrogens (tertiary/aromatic N) is 2. The van der Waals surface area contributed by atoms with E-state index >= 15 is 0 Å². The fraction of sp³-hybridized carbons (Fsp3) is 0.923. The number of carbonyl (C=O) groups excluding carboxylic acids is 1. The first-order valence-electron chi connectivity index (χ1n) is 6.99. The maximum absolute atomic E-state index is 12.1. The summed E-state index contributed by atoms with van der Waals surface area (Å²) in [4.78, 5) is 16.6. The van der Waals surface area contributed by atoms with Gasteiger partial charge in [0.25, 0.3) is 0 Å². The number of thioether (sulfide) groups is 1. The first-order chi connectivity index (χ1) is 8.72. The molecular weight excluding hydrogens is 246 g/mol. The van der Waals surface area contributed by atoms with E-state index in [0.717, 1.165) is 44.4 Å². The Balaban J connectivity index is 1.72. The standard InChI is InChI=1S/C13H25N3OS/c1-18-10-5-12(14)13(17)16-8-6-15(7-9-16)11-3-2-4-11/h11-12H,2-10,14H2,1H3/t12-/m0/s1. The molecule has 0 spiro atoms. The number of rotatable bonds is 5. The van der Waals surface area contributed by atoms with Crippen LogP contribution in [0, 0.1) is 0 Å². The van der Waals surface area contributed by atoms with Crippen molar-refractivity contribution in [2.24, 2.45) is 5.73 Å². The SMILES string of the molecule is CSCC[C@H](N)C(=O)N1CCN(C2CCC2)CC1. The first-order valence-corrected chi connectivity index (χ1v) is 8.39. The van der Waals surface area contributed by atoms with E-state index in [4.69, 9.17) is 5.73 Å². The molecule has 0 bridgehead atoms. The Labute approximate surface area is 114 Å². The molecule has 4 nitrogen and oxygen atoms in total. The second-order valence-electron chi connectivity index (χ2n) is 5.33. The Morgan fingerprint density at radius 3 is 2.50 bits per heavy atom. The van der Waals surface area contributed by atoms with Crippen LogP contribution in [0.4, 0.5) is 0 Å². The number of carbonyl (C=O) groups is 1. The fourth-order valence-electron chi connectivity index (χ4n) is 2.66. The van der Waals surface area contributed by atoms with Gasteiger partial charge in [0.1, 0.15) is 0 Å². The minimum Gasteiger partial charge on any atom is -0.339 e. The van der Waals surface area contributed by atoms with E-state index in [9.17, 15) is 4.79 Å². The number of amides is 1. The maximum Gasteiger partial charge on any atom is 0.239 e. The van der Waals surface area contributed by atoms with E-state index < -0.39 is 0 Å². The Morgan fingerprint density at radius 2 is 2.00 bits per heavy atom. The van der Waals surface area contributed by atoms with Gasteiger partial charge in [0.2, 0.25) is 5.91 Å². The Hall–Kier alpha value is -0.260. The largest absolute Gasteiger partial charge is 0.339 e. The minimum atomic E-state index is -0.298. The van der Waals surface area contributed by atoms with Gasteiger partial charge >= 0.3 is 0 Å². The molecule has 5 heteroatoms. The summed E-state index contributed by atoms with van der Waals surface area (Å²) >= 11 is 1.75. The minimum absolute atomic E-state index is 0.150. The van der Waals surface area contributed by atoms with Crippen molar-refractivity contribution in [3.63, 3.8) is 0 Å². The predicted octanol–water partition coefficient (Wildman–Crippen LogP) is 0.764. The normalized spacial score (nSPS) is 23.8. The molecule has 0 aromatic rings. The van der Waals surface area contributed by atoms with Gasteiger partial charge in [0, 0.05) is 32.2 Å². The Bertz CT molecular complexity index is 275. The predicted molar refractivity (Wildman–Crippen MR) is 76.8 cm³/mol. The summed E-state index contributed by atoms with van der Waals surface area (Å²) in [5.41, 5.74) is 5.95. The van der Waals surface area contributed by atoms with Crippen LogP contribution in [0.3, 0.4) is 0 Å². The summed E-state index contributed by atoms with van der Waals surface area (Å²) < 4.78 is 0. The highest BCUT2D eigenvalue weighted by Gasteiger charge is 2.30. The van der Waals surface area contributed by atoms with Crippen molar-refractivity contribution >= 4 is 17.7 Å². The van der Waals surface area contributed by atoms with Gasteiger partial charge in [0.15, 0.2) is 0 Å². The number of nitrogens with two attached hydrogens (primary N) is 1. The zero-order valence-electron chi connectivity index (χ0n) is 11.3. The van der Waals surface area contributed by atoms with E-state index in [0.29, 0.717) is 0 Å². The molecule has 2 aliphatic rings.